The van der Waals surface area contributed by atoms with Crippen LogP contribution in [0.5, 0.6) is 5.75 Å². The molecule has 0 aliphatic heterocycles. The minimum Gasteiger partial charge on any atom is -0.494 e. The standard InChI is InChI=1S/C17H21NO2S/c1-3-20-15-8-6-14(7-9-15)17(19)13-18(2)11-10-16-5-4-12-21-16/h4-9,12H,3,10-11,13H2,1-2H3. The van der Waals surface area contributed by atoms with Crippen molar-refractivity contribution >= 4 is 17.1 Å². The van der Waals surface area contributed by atoms with Crippen LogP contribution >= 0.6 is 11.3 Å². The lowest BCUT2D eigenvalue weighted by Crippen LogP contribution is -2.27. The van der Waals surface area contributed by atoms with Crippen molar-refractivity contribution in [2.75, 3.05) is 26.7 Å². The van der Waals surface area contributed by atoms with Crippen LogP contribution in [0.3, 0.4) is 0 Å². The summed E-state index contributed by atoms with van der Waals surface area (Å²) in [5, 5.41) is 2.08. The van der Waals surface area contributed by atoms with E-state index in [1.165, 1.54) is 4.88 Å². The Morgan fingerprint density at radius 3 is 2.62 bits per heavy atom. The monoisotopic (exact) mass is 303 g/mol. The number of ether oxygens (including phenoxy) is 1. The lowest BCUT2D eigenvalue weighted by molar-refractivity contribution is 0.0947. The Morgan fingerprint density at radius 1 is 1.24 bits per heavy atom. The van der Waals surface area contributed by atoms with Crippen LogP contribution in [0.25, 0.3) is 0 Å². The number of likely N-dealkylation sites (N-methyl/N-ethyl adjacent to an activating group) is 1. The van der Waals surface area contributed by atoms with E-state index in [4.69, 9.17) is 4.74 Å². The third kappa shape index (κ3) is 4.99. The number of rotatable bonds is 8. The maximum absolute atomic E-state index is 12.2. The molecule has 3 nitrogen and oxygen atoms in total. The number of ketones is 1. The summed E-state index contributed by atoms with van der Waals surface area (Å²) in [4.78, 5) is 15.6. The molecule has 0 N–H and O–H groups in total. The second kappa shape index (κ2) is 7.96. The van der Waals surface area contributed by atoms with Crippen molar-refractivity contribution in [1.29, 1.82) is 0 Å². The third-order valence-corrected chi connectivity index (χ3v) is 4.16. The Labute approximate surface area is 130 Å². The number of carbonyl (C=O) groups is 1. The SMILES string of the molecule is CCOc1ccc(C(=O)CN(C)CCc2cccs2)cc1. The minimum absolute atomic E-state index is 0.145. The molecule has 2 aromatic rings. The largest absolute Gasteiger partial charge is 0.494 e. The van der Waals surface area contributed by atoms with Crippen molar-refractivity contribution in [1.82, 2.24) is 4.90 Å². The van der Waals surface area contributed by atoms with Gasteiger partial charge < -0.3 is 4.74 Å². The van der Waals surface area contributed by atoms with E-state index in [-0.39, 0.29) is 5.78 Å². The Hall–Kier alpha value is -1.65. The van der Waals surface area contributed by atoms with Gasteiger partial charge in [-0.3, -0.25) is 9.69 Å². The summed E-state index contributed by atoms with van der Waals surface area (Å²) >= 11 is 1.76. The molecule has 1 aromatic carbocycles. The van der Waals surface area contributed by atoms with Crippen molar-refractivity contribution in [3.63, 3.8) is 0 Å². The smallest absolute Gasteiger partial charge is 0.176 e. The zero-order valence-electron chi connectivity index (χ0n) is 12.5. The normalized spacial score (nSPS) is 10.8. The van der Waals surface area contributed by atoms with Crippen LogP contribution in [-0.2, 0) is 6.42 Å². The van der Waals surface area contributed by atoms with Crippen LogP contribution in [0.2, 0.25) is 0 Å². The van der Waals surface area contributed by atoms with Gasteiger partial charge in [0.15, 0.2) is 5.78 Å². The molecular weight excluding hydrogens is 282 g/mol. The van der Waals surface area contributed by atoms with E-state index in [1.54, 1.807) is 11.3 Å². The van der Waals surface area contributed by atoms with E-state index in [0.29, 0.717) is 13.2 Å². The molecule has 0 bridgehead atoms. The Bertz CT molecular complexity index is 549. The fraction of sp³-hybridized carbons (Fsp3) is 0.353. The van der Waals surface area contributed by atoms with Crippen LogP contribution < -0.4 is 4.74 Å². The highest BCUT2D eigenvalue weighted by Gasteiger charge is 2.09. The predicted octanol–water partition coefficient (Wildman–Crippen LogP) is 3.50. The lowest BCUT2D eigenvalue weighted by Gasteiger charge is -2.15. The van der Waals surface area contributed by atoms with Gasteiger partial charge in [-0.25, -0.2) is 0 Å². The highest BCUT2D eigenvalue weighted by Crippen LogP contribution is 2.13. The van der Waals surface area contributed by atoms with Gasteiger partial charge in [0.1, 0.15) is 5.75 Å². The van der Waals surface area contributed by atoms with Crippen LogP contribution in [0.4, 0.5) is 0 Å². The second-order valence-corrected chi connectivity index (χ2v) is 5.98. The van der Waals surface area contributed by atoms with Gasteiger partial charge in [-0.05, 0) is 56.1 Å². The number of Topliss-reactive ketones (excluding diaryl/α,β-unsaturated/α-hetero) is 1. The average Bonchev–Trinajstić information content (AvgIpc) is 2.99. The first-order chi connectivity index (χ1) is 10.2. The van der Waals surface area contributed by atoms with E-state index in [1.807, 2.05) is 38.2 Å². The molecule has 0 radical (unpaired) electrons. The number of nitrogens with zero attached hydrogens (tertiary/aromatic N) is 1. The van der Waals surface area contributed by atoms with Gasteiger partial charge in [0.25, 0.3) is 0 Å². The Kier molecular flexibility index (Phi) is 5.96. The first-order valence-electron chi connectivity index (χ1n) is 7.16. The van der Waals surface area contributed by atoms with E-state index in [9.17, 15) is 4.79 Å². The molecule has 2 rings (SSSR count). The first kappa shape index (κ1) is 15.7. The third-order valence-electron chi connectivity index (χ3n) is 3.22. The summed E-state index contributed by atoms with van der Waals surface area (Å²) in [5.74, 6) is 0.951. The molecule has 0 amide bonds. The molecule has 0 saturated carbocycles. The van der Waals surface area contributed by atoms with Crippen molar-refractivity contribution in [3.05, 3.63) is 52.2 Å². The number of hydrogen-bond donors (Lipinski definition) is 0. The van der Waals surface area contributed by atoms with Gasteiger partial charge in [-0.2, -0.15) is 0 Å². The summed E-state index contributed by atoms with van der Waals surface area (Å²) in [6.07, 6.45) is 0.991. The molecular formula is C17H21NO2S. The summed E-state index contributed by atoms with van der Waals surface area (Å²) in [6.45, 7) is 3.92. The first-order valence-corrected chi connectivity index (χ1v) is 8.04. The van der Waals surface area contributed by atoms with Crippen molar-refractivity contribution in [2.45, 2.75) is 13.3 Å². The molecule has 21 heavy (non-hydrogen) atoms. The number of benzene rings is 1. The molecule has 1 aromatic heterocycles. The molecule has 0 aliphatic rings. The predicted molar refractivity (Wildman–Crippen MR) is 87.5 cm³/mol. The summed E-state index contributed by atoms with van der Waals surface area (Å²) in [6, 6.07) is 11.6. The maximum Gasteiger partial charge on any atom is 0.176 e. The summed E-state index contributed by atoms with van der Waals surface area (Å²) in [7, 11) is 1.99. The average molecular weight is 303 g/mol. The zero-order chi connectivity index (χ0) is 15.1. The van der Waals surface area contributed by atoms with Crippen LogP contribution in [0.15, 0.2) is 41.8 Å². The van der Waals surface area contributed by atoms with Gasteiger partial charge in [0.05, 0.1) is 13.2 Å². The fourth-order valence-corrected chi connectivity index (χ4v) is 2.77. The van der Waals surface area contributed by atoms with E-state index in [2.05, 4.69) is 22.4 Å². The number of thiophene rings is 1. The topological polar surface area (TPSA) is 29.5 Å². The molecule has 0 saturated heterocycles. The van der Waals surface area contributed by atoms with Crippen LogP contribution in [0, 0.1) is 0 Å². The quantitative estimate of drug-likeness (QED) is 0.699. The lowest BCUT2D eigenvalue weighted by atomic mass is 10.1. The molecule has 1 heterocycles. The van der Waals surface area contributed by atoms with Gasteiger partial charge in [0, 0.05) is 17.0 Å². The molecule has 0 atom stereocenters. The van der Waals surface area contributed by atoms with Crippen LogP contribution in [-0.4, -0.2) is 37.4 Å². The number of carbonyl (C=O) groups excluding carboxylic acids is 1. The zero-order valence-corrected chi connectivity index (χ0v) is 13.4. The molecule has 0 fully saturated rings. The van der Waals surface area contributed by atoms with E-state index in [0.717, 1.165) is 24.3 Å². The molecule has 4 heteroatoms. The van der Waals surface area contributed by atoms with Gasteiger partial charge in [-0.1, -0.05) is 6.07 Å². The molecule has 112 valence electrons. The van der Waals surface area contributed by atoms with Crippen molar-refractivity contribution in [3.8, 4) is 5.75 Å². The molecule has 0 aliphatic carbocycles. The molecule has 0 spiro atoms. The summed E-state index contributed by atoms with van der Waals surface area (Å²) in [5.41, 5.74) is 0.737. The van der Waals surface area contributed by atoms with Crippen molar-refractivity contribution < 1.29 is 9.53 Å². The van der Waals surface area contributed by atoms with Crippen molar-refractivity contribution in [2.24, 2.45) is 0 Å². The second-order valence-electron chi connectivity index (χ2n) is 4.95. The summed E-state index contributed by atoms with van der Waals surface area (Å²) < 4.78 is 5.38. The van der Waals surface area contributed by atoms with Gasteiger partial charge in [-0.15, -0.1) is 11.3 Å². The Balaban J connectivity index is 1.82. The highest BCUT2D eigenvalue weighted by atomic mass is 32.1. The maximum atomic E-state index is 12.2. The fourth-order valence-electron chi connectivity index (χ4n) is 2.08. The number of hydrogen-bond acceptors (Lipinski definition) is 4. The Morgan fingerprint density at radius 2 is 2.00 bits per heavy atom. The van der Waals surface area contributed by atoms with E-state index >= 15 is 0 Å². The van der Waals surface area contributed by atoms with Gasteiger partial charge in [0.2, 0.25) is 0 Å². The molecule has 0 unspecified atom stereocenters. The van der Waals surface area contributed by atoms with E-state index < -0.39 is 0 Å². The van der Waals surface area contributed by atoms with Gasteiger partial charge >= 0.3 is 0 Å². The van der Waals surface area contributed by atoms with Crippen LogP contribution in [0.1, 0.15) is 22.2 Å². The minimum atomic E-state index is 0.145. The highest BCUT2D eigenvalue weighted by molar-refractivity contribution is 7.09.